The van der Waals surface area contributed by atoms with Crippen LogP contribution in [0.3, 0.4) is 0 Å². The largest absolute Gasteiger partial charge is 0.417 e. The first-order valence-electron chi connectivity index (χ1n) is 9.51. The van der Waals surface area contributed by atoms with Crippen LogP contribution >= 0.6 is 15.9 Å². The lowest BCUT2D eigenvalue weighted by molar-refractivity contribution is -0.137. The van der Waals surface area contributed by atoms with E-state index in [9.17, 15) is 18.0 Å². The Bertz CT molecular complexity index is 870. The predicted octanol–water partition coefficient (Wildman–Crippen LogP) is 5.52. The number of nitrogens with zero attached hydrogens (tertiary/aromatic N) is 2. The number of anilines is 1. The van der Waals surface area contributed by atoms with Gasteiger partial charge in [-0.3, -0.25) is 4.79 Å². The number of likely N-dealkylation sites (tertiary alicyclic amines) is 1. The molecule has 0 aliphatic carbocycles. The number of hydrogen-bond donors (Lipinski definition) is 1. The fourth-order valence-corrected chi connectivity index (χ4v) is 4.06. The summed E-state index contributed by atoms with van der Waals surface area (Å²) >= 11 is 3.47. The van der Waals surface area contributed by atoms with Gasteiger partial charge in [-0.15, -0.1) is 0 Å². The molecule has 0 bridgehead atoms. The van der Waals surface area contributed by atoms with Crippen LogP contribution in [-0.2, 0) is 6.18 Å². The van der Waals surface area contributed by atoms with Gasteiger partial charge in [0.05, 0.1) is 17.2 Å². The molecule has 2 unspecified atom stereocenters. The molecule has 2 heterocycles. The minimum Gasteiger partial charge on any atom is -0.368 e. The highest BCUT2D eigenvalue weighted by atomic mass is 79.9. The first-order valence-corrected chi connectivity index (χ1v) is 10.3. The number of carbonyl (C=O) groups excluding carboxylic acids is 1. The molecule has 3 rings (SSSR count). The maximum absolute atomic E-state index is 13.2. The standard InChI is InChI=1S/C21H23BrF3N3O/c1-13-5-7-17(22)16(10-13)20(29)28-9-3-4-14(2)18(28)12-27-19-8-6-15(11-26-19)21(23,24)25/h5-8,10-11,14,18H,3-4,9,12H2,1-2H3,(H,26,27). The van der Waals surface area contributed by atoms with Gasteiger partial charge in [-0.1, -0.05) is 18.6 Å². The van der Waals surface area contributed by atoms with Crippen molar-refractivity contribution >= 4 is 27.7 Å². The molecular weight excluding hydrogens is 447 g/mol. The average Bonchev–Trinajstić information content (AvgIpc) is 2.68. The van der Waals surface area contributed by atoms with E-state index in [2.05, 4.69) is 33.2 Å². The first-order chi connectivity index (χ1) is 13.7. The maximum Gasteiger partial charge on any atom is 0.417 e. The highest BCUT2D eigenvalue weighted by Gasteiger charge is 2.33. The van der Waals surface area contributed by atoms with Gasteiger partial charge < -0.3 is 10.2 Å². The fraction of sp³-hybridized carbons (Fsp3) is 0.429. The molecule has 1 aromatic carbocycles. The molecule has 4 nitrogen and oxygen atoms in total. The van der Waals surface area contributed by atoms with Crippen LogP contribution in [-0.4, -0.2) is 34.9 Å². The number of piperidine rings is 1. The number of amides is 1. The summed E-state index contributed by atoms with van der Waals surface area (Å²) in [5.74, 6) is 0.581. The van der Waals surface area contributed by atoms with Gasteiger partial charge in [0, 0.05) is 23.8 Å². The highest BCUT2D eigenvalue weighted by molar-refractivity contribution is 9.10. The van der Waals surface area contributed by atoms with Gasteiger partial charge in [0.15, 0.2) is 0 Å². The third kappa shape index (κ3) is 5.10. The van der Waals surface area contributed by atoms with E-state index in [4.69, 9.17) is 0 Å². The summed E-state index contributed by atoms with van der Waals surface area (Å²) in [4.78, 5) is 19.0. The number of aryl methyl sites for hydroxylation is 1. The van der Waals surface area contributed by atoms with Crippen LogP contribution in [0.4, 0.5) is 19.0 Å². The lowest BCUT2D eigenvalue weighted by atomic mass is 9.90. The van der Waals surface area contributed by atoms with E-state index >= 15 is 0 Å². The Hall–Kier alpha value is -2.09. The number of pyridine rings is 1. The van der Waals surface area contributed by atoms with Crippen molar-refractivity contribution in [1.29, 1.82) is 0 Å². The molecule has 0 radical (unpaired) electrons. The molecule has 1 fully saturated rings. The Morgan fingerprint density at radius 2 is 2.07 bits per heavy atom. The fourth-order valence-electron chi connectivity index (χ4n) is 3.65. The van der Waals surface area contributed by atoms with Crippen molar-refractivity contribution < 1.29 is 18.0 Å². The van der Waals surface area contributed by atoms with Crippen molar-refractivity contribution in [2.24, 2.45) is 5.92 Å². The summed E-state index contributed by atoms with van der Waals surface area (Å²) < 4.78 is 38.9. The molecule has 1 aliphatic rings. The second kappa shape index (κ2) is 8.73. The Balaban J connectivity index is 1.75. The van der Waals surface area contributed by atoms with Gasteiger partial charge in [-0.2, -0.15) is 13.2 Å². The van der Waals surface area contributed by atoms with E-state index in [1.165, 1.54) is 6.07 Å². The van der Waals surface area contributed by atoms with Gasteiger partial charge >= 0.3 is 6.18 Å². The third-order valence-electron chi connectivity index (χ3n) is 5.31. The van der Waals surface area contributed by atoms with Gasteiger partial charge in [0.1, 0.15) is 5.82 Å². The Morgan fingerprint density at radius 1 is 1.31 bits per heavy atom. The van der Waals surface area contributed by atoms with Crippen molar-refractivity contribution in [1.82, 2.24) is 9.88 Å². The number of rotatable bonds is 4. The SMILES string of the molecule is Cc1ccc(Br)c(C(=O)N2CCCC(C)C2CNc2ccc(C(F)(F)F)cn2)c1. The van der Waals surface area contributed by atoms with Gasteiger partial charge in [0.25, 0.3) is 5.91 Å². The molecule has 0 saturated carbocycles. The zero-order valence-electron chi connectivity index (χ0n) is 16.3. The second-order valence-electron chi connectivity index (χ2n) is 7.48. The molecule has 2 atom stereocenters. The minimum atomic E-state index is -4.41. The van der Waals surface area contributed by atoms with Crippen LogP contribution in [0.1, 0.15) is 41.3 Å². The van der Waals surface area contributed by atoms with E-state index in [1.54, 1.807) is 0 Å². The normalized spacial score (nSPS) is 19.9. The molecule has 1 aliphatic heterocycles. The van der Waals surface area contributed by atoms with Crippen LogP contribution in [0.15, 0.2) is 41.0 Å². The van der Waals surface area contributed by atoms with E-state index in [-0.39, 0.29) is 17.9 Å². The van der Waals surface area contributed by atoms with Crippen molar-refractivity contribution in [2.75, 3.05) is 18.4 Å². The van der Waals surface area contributed by atoms with Gasteiger partial charge in [-0.25, -0.2) is 4.98 Å². The van der Waals surface area contributed by atoms with Crippen LogP contribution in [0.25, 0.3) is 0 Å². The molecule has 2 aromatic rings. The topological polar surface area (TPSA) is 45.2 Å². The van der Waals surface area contributed by atoms with Crippen LogP contribution in [0.5, 0.6) is 0 Å². The second-order valence-corrected chi connectivity index (χ2v) is 8.33. The van der Waals surface area contributed by atoms with E-state index in [1.807, 2.05) is 30.0 Å². The minimum absolute atomic E-state index is 0.0423. The Kier molecular flexibility index (Phi) is 6.51. The average molecular weight is 470 g/mol. The maximum atomic E-state index is 13.2. The van der Waals surface area contributed by atoms with Gasteiger partial charge in [0.2, 0.25) is 0 Å². The zero-order valence-corrected chi connectivity index (χ0v) is 17.8. The summed E-state index contributed by atoms with van der Waals surface area (Å²) in [6.45, 7) is 5.11. The van der Waals surface area contributed by atoms with E-state index < -0.39 is 11.7 Å². The molecule has 1 amide bonds. The predicted molar refractivity (Wildman–Crippen MR) is 110 cm³/mol. The number of alkyl halides is 3. The van der Waals surface area contributed by atoms with E-state index in [0.717, 1.165) is 35.1 Å². The number of carbonyl (C=O) groups is 1. The summed E-state index contributed by atoms with van der Waals surface area (Å²) in [5.41, 5.74) is 0.845. The highest BCUT2D eigenvalue weighted by Crippen LogP contribution is 2.30. The number of halogens is 4. The number of aromatic nitrogens is 1. The molecule has 156 valence electrons. The number of benzene rings is 1. The monoisotopic (exact) mass is 469 g/mol. The van der Waals surface area contributed by atoms with Crippen molar-refractivity contribution in [3.05, 3.63) is 57.7 Å². The molecule has 8 heteroatoms. The summed E-state index contributed by atoms with van der Waals surface area (Å²) in [5, 5.41) is 3.10. The summed E-state index contributed by atoms with van der Waals surface area (Å²) in [7, 11) is 0. The van der Waals surface area contributed by atoms with E-state index in [0.29, 0.717) is 24.5 Å². The quantitative estimate of drug-likeness (QED) is 0.640. The zero-order chi connectivity index (χ0) is 21.2. The van der Waals surface area contributed by atoms with Crippen molar-refractivity contribution in [3.63, 3.8) is 0 Å². The number of hydrogen-bond acceptors (Lipinski definition) is 3. The molecular formula is C21H23BrF3N3O. The van der Waals surface area contributed by atoms with Crippen molar-refractivity contribution in [2.45, 2.75) is 38.9 Å². The molecule has 1 aromatic heterocycles. The lowest BCUT2D eigenvalue weighted by Gasteiger charge is -2.40. The summed E-state index contributed by atoms with van der Waals surface area (Å²) in [6, 6.07) is 7.93. The van der Waals surface area contributed by atoms with Gasteiger partial charge in [-0.05, 0) is 65.9 Å². The molecule has 0 spiro atoms. The van der Waals surface area contributed by atoms with Crippen molar-refractivity contribution in [3.8, 4) is 0 Å². The number of nitrogens with one attached hydrogen (secondary N) is 1. The molecule has 1 N–H and O–H groups in total. The first kappa shape index (κ1) is 21.6. The Labute approximate surface area is 176 Å². The molecule has 1 saturated heterocycles. The molecule has 29 heavy (non-hydrogen) atoms. The van der Waals surface area contributed by atoms with Crippen LogP contribution in [0, 0.1) is 12.8 Å². The van der Waals surface area contributed by atoms with Crippen LogP contribution in [0.2, 0.25) is 0 Å². The Morgan fingerprint density at radius 3 is 2.72 bits per heavy atom. The smallest absolute Gasteiger partial charge is 0.368 e. The third-order valence-corrected chi connectivity index (χ3v) is 6.00. The summed E-state index contributed by atoms with van der Waals surface area (Å²) in [6.07, 6.45) is -1.68. The lowest BCUT2D eigenvalue weighted by Crippen LogP contribution is -2.51. The van der Waals surface area contributed by atoms with Crippen LogP contribution < -0.4 is 5.32 Å².